The fraction of sp³-hybridized carbons (Fsp3) is 0.500. The van der Waals surface area contributed by atoms with Gasteiger partial charge in [-0.2, -0.15) is 0 Å². The molecule has 0 spiro atoms. The molecular formula is C36H47F2N5. The highest BCUT2D eigenvalue weighted by molar-refractivity contribution is 6.20. The fourth-order valence-corrected chi connectivity index (χ4v) is 6.69. The van der Waals surface area contributed by atoms with Crippen LogP contribution >= 0.6 is 0 Å². The van der Waals surface area contributed by atoms with Gasteiger partial charge in [-0.1, -0.05) is 37.3 Å². The molecule has 5 rings (SSSR count). The van der Waals surface area contributed by atoms with Crippen LogP contribution in [-0.4, -0.2) is 69.7 Å². The standard InChI is InChI=1S/C36H47F2N5/c1-6-28-31(37)12-10-26-19-25(2)20-30(32(26)28)29-11-9-27(21-40-17-8-14-36(22-39-3)23-42-36)34(33(29)38)41-18-7-13-35(15-16-35)24-43(4)5/h9-12,19-21,40,42H,3,6-8,13-18,22-24H2,1-2,4-5H3/b27-21+,41-34+. The molecule has 5 nitrogen and oxygen atoms in total. The number of nitrogens with one attached hydrogen (secondary N) is 2. The quantitative estimate of drug-likeness (QED) is 0.135. The van der Waals surface area contributed by atoms with Crippen molar-refractivity contribution >= 4 is 28.8 Å². The van der Waals surface area contributed by atoms with Crippen LogP contribution in [0.25, 0.3) is 16.3 Å². The molecule has 0 radical (unpaired) electrons. The number of benzene rings is 2. The zero-order valence-corrected chi connectivity index (χ0v) is 26.3. The lowest BCUT2D eigenvalue weighted by Gasteiger charge is -2.20. The topological polar surface area (TPSA) is 61.9 Å². The highest BCUT2D eigenvalue weighted by atomic mass is 19.1. The second-order valence-electron chi connectivity index (χ2n) is 13.1. The number of aliphatic imine (C=N–C) groups is 2. The van der Waals surface area contributed by atoms with Gasteiger partial charge in [0.2, 0.25) is 0 Å². The van der Waals surface area contributed by atoms with Crippen LogP contribution in [-0.2, 0) is 6.42 Å². The normalized spacial score (nSPS) is 22.7. The van der Waals surface area contributed by atoms with Crippen molar-refractivity contribution in [2.24, 2.45) is 15.4 Å². The van der Waals surface area contributed by atoms with E-state index in [1.54, 1.807) is 6.07 Å². The summed E-state index contributed by atoms with van der Waals surface area (Å²) in [7, 11) is 4.26. The molecule has 0 aromatic heterocycles. The Kier molecular flexibility index (Phi) is 9.62. The Bertz CT molecular complexity index is 1470. The van der Waals surface area contributed by atoms with Crippen LogP contribution in [0.4, 0.5) is 8.78 Å². The molecular weight excluding hydrogens is 540 g/mol. The molecule has 1 saturated heterocycles. The van der Waals surface area contributed by atoms with Gasteiger partial charge >= 0.3 is 0 Å². The smallest absolute Gasteiger partial charge is 0.156 e. The Balaban J connectivity index is 1.41. The minimum Gasteiger partial charge on any atom is -0.390 e. The molecule has 1 saturated carbocycles. The van der Waals surface area contributed by atoms with E-state index in [-0.39, 0.29) is 17.2 Å². The number of hydrogen-bond acceptors (Lipinski definition) is 5. The number of aryl methyl sites for hydroxylation is 2. The van der Waals surface area contributed by atoms with Crippen molar-refractivity contribution in [1.82, 2.24) is 15.5 Å². The molecule has 1 heterocycles. The third-order valence-corrected chi connectivity index (χ3v) is 9.17. The summed E-state index contributed by atoms with van der Waals surface area (Å²) in [6.07, 6.45) is 12.7. The Morgan fingerprint density at radius 3 is 2.58 bits per heavy atom. The average molecular weight is 588 g/mol. The van der Waals surface area contributed by atoms with Crippen molar-refractivity contribution < 1.29 is 8.78 Å². The Labute approximate surface area is 255 Å². The van der Waals surface area contributed by atoms with Crippen LogP contribution in [0.2, 0.25) is 0 Å². The van der Waals surface area contributed by atoms with E-state index in [4.69, 9.17) is 4.99 Å². The van der Waals surface area contributed by atoms with Gasteiger partial charge in [0.1, 0.15) is 11.5 Å². The van der Waals surface area contributed by atoms with Gasteiger partial charge < -0.3 is 15.5 Å². The molecule has 2 N–H and O–H groups in total. The van der Waals surface area contributed by atoms with Crippen molar-refractivity contribution in [2.45, 2.75) is 64.3 Å². The predicted molar refractivity (Wildman–Crippen MR) is 177 cm³/mol. The van der Waals surface area contributed by atoms with Gasteiger partial charge in [0, 0.05) is 43.5 Å². The second-order valence-corrected chi connectivity index (χ2v) is 13.1. The van der Waals surface area contributed by atoms with E-state index in [1.807, 2.05) is 44.3 Å². The van der Waals surface area contributed by atoms with Gasteiger partial charge in [0.25, 0.3) is 0 Å². The molecule has 3 aliphatic rings. The zero-order chi connectivity index (χ0) is 30.6. The molecule has 2 aliphatic carbocycles. The van der Waals surface area contributed by atoms with E-state index >= 15 is 4.39 Å². The predicted octanol–water partition coefficient (Wildman–Crippen LogP) is 6.96. The Hall–Kier alpha value is -3.16. The van der Waals surface area contributed by atoms with E-state index in [0.29, 0.717) is 35.2 Å². The molecule has 2 aromatic rings. The fourth-order valence-electron chi connectivity index (χ4n) is 6.69. The van der Waals surface area contributed by atoms with Crippen LogP contribution in [0, 0.1) is 18.2 Å². The summed E-state index contributed by atoms with van der Waals surface area (Å²) in [5.41, 5.74) is 4.44. The number of allylic oxidation sites excluding steroid dienone is 5. The molecule has 43 heavy (non-hydrogen) atoms. The summed E-state index contributed by atoms with van der Waals surface area (Å²) < 4.78 is 31.5. The van der Waals surface area contributed by atoms with Crippen LogP contribution in [0.5, 0.6) is 0 Å². The van der Waals surface area contributed by atoms with Crippen molar-refractivity contribution in [3.63, 3.8) is 0 Å². The third-order valence-electron chi connectivity index (χ3n) is 9.17. The number of fused-ring (bicyclic) bond motifs is 1. The first kappa shape index (κ1) is 31.3. The van der Waals surface area contributed by atoms with E-state index in [9.17, 15) is 4.39 Å². The van der Waals surface area contributed by atoms with Gasteiger partial charge in [0.15, 0.2) is 5.83 Å². The SMILES string of the molecule is C=NCC1(CCCN/C=C2\C=CC(c3cc(C)cc4ccc(F)c(CC)c34)=C(F)\C2=N\CCCC2(CN(C)C)CC2)CN1. The van der Waals surface area contributed by atoms with Crippen LogP contribution in [0.3, 0.4) is 0 Å². The monoisotopic (exact) mass is 587 g/mol. The number of hydrogen-bond donors (Lipinski definition) is 2. The molecule has 7 heteroatoms. The maximum Gasteiger partial charge on any atom is 0.156 e. The molecule has 1 aliphatic heterocycles. The van der Waals surface area contributed by atoms with E-state index in [0.717, 1.165) is 79.3 Å². The maximum absolute atomic E-state index is 16.6. The first-order chi connectivity index (χ1) is 20.7. The summed E-state index contributed by atoms with van der Waals surface area (Å²) in [6, 6.07) is 7.33. The van der Waals surface area contributed by atoms with Gasteiger partial charge in [-0.05, 0) is 112 Å². The summed E-state index contributed by atoms with van der Waals surface area (Å²) in [6.45, 7) is 11.7. The van der Waals surface area contributed by atoms with Gasteiger partial charge in [-0.3, -0.25) is 9.98 Å². The number of rotatable bonds is 15. The lowest BCUT2D eigenvalue weighted by atomic mass is 9.87. The molecule has 1 unspecified atom stereocenters. The highest BCUT2D eigenvalue weighted by Crippen LogP contribution is 2.50. The maximum atomic E-state index is 16.6. The zero-order valence-electron chi connectivity index (χ0n) is 26.3. The van der Waals surface area contributed by atoms with E-state index in [2.05, 4.69) is 41.3 Å². The lowest BCUT2D eigenvalue weighted by Crippen LogP contribution is -2.23. The minimum absolute atomic E-state index is 0.108. The number of nitrogens with zero attached hydrogens (tertiary/aromatic N) is 3. The molecule has 230 valence electrons. The second kappa shape index (κ2) is 13.2. The van der Waals surface area contributed by atoms with Crippen molar-refractivity contribution in [3.8, 4) is 0 Å². The lowest BCUT2D eigenvalue weighted by molar-refractivity contribution is 0.291. The van der Waals surface area contributed by atoms with Crippen LogP contribution < -0.4 is 10.6 Å². The van der Waals surface area contributed by atoms with Crippen molar-refractivity contribution in [1.29, 1.82) is 0 Å². The van der Waals surface area contributed by atoms with Crippen molar-refractivity contribution in [3.05, 3.63) is 76.5 Å². The first-order valence-corrected chi connectivity index (χ1v) is 15.8. The van der Waals surface area contributed by atoms with Gasteiger partial charge in [0.05, 0.1) is 12.1 Å². The largest absolute Gasteiger partial charge is 0.390 e. The number of halogens is 2. The molecule has 1 atom stereocenters. The van der Waals surface area contributed by atoms with Gasteiger partial charge in [-0.25, -0.2) is 8.78 Å². The summed E-state index contributed by atoms with van der Waals surface area (Å²) in [5.74, 6) is -0.597. The highest BCUT2D eigenvalue weighted by Gasteiger charge is 2.42. The first-order valence-electron chi connectivity index (χ1n) is 15.8. The summed E-state index contributed by atoms with van der Waals surface area (Å²) in [4.78, 5) is 11.2. The van der Waals surface area contributed by atoms with Crippen molar-refractivity contribution in [2.75, 3.05) is 46.8 Å². The third kappa shape index (κ3) is 7.32. The minimum atomic E-state index is -0.346. The van der Waals surface area contributed by atoms with Crippen LogP contribution in [0.1, 0.15) is 62.1 Å². The Morgan fingerprint density at radius 2 is 1.91 bits per heavy atom. The van der Waals surface area contributed by atoms with E-state index < -0.39 is 0 Å². The van der Waals surface area contributed by atoms with E-state index in [1.165, 1.54) is 18.9 Å². The summed E-state index contributed by atoms with van der Waals surface area (Å²) >= 11 is 0. The molecule has 2 aromatic carbocycles. The average Bonchev–Trinajstić information content (AvgIpc) is 3.90. The molecule has 0 bridgehead atoms. The van der Waals surface area contributed by atoms with Gasteiger partial charge in [-0.15, -0.1) is 0 Å². The molecule has 0 amide bonds. The van der Waals surface area contributed by atoms with Crippen LogP contribution in [0.15, 0.2) is 64.0 Å². The summed E-state index contributed by atoms with van der Waals surface area (Å²) in [5, 5.41) is 8.52. The Morgan fingerprint density at radius 1 is 1.12 bits per heavy atom. The molecule has 2 fully saturated rings.